The van der Waals surface area contributed by atoms with Crippen LogP contribution in [0.1, 0.15) is 31.2 Å². The molecular formula is C22H29ClN2O3. The lowest BCUT2D eigenvalue weighted by Gasteiger charge is -2.31. The van der Waals surface area contributed by atoms with Crippen molar-refractivity contribution in [1.29, 1.82) is 0 Å². The van der Waals surface area contributed by atoms with Crippen molar-refractivity contribution in [3.05, 3.63) is 60.2 Å². The lowest BCUT2D eigenvalue weighted by Crippen LogP contribution is -2.46. The Bertz CT molecular complexity index is 727. The van der Waals surface area contributed by atoms with Crippen molar-refractivity contribution in [3.63, 3.8) is 0 Å². The second-order valence-electron chi connectivity index (χ2n) is 6.96. The van der Waals surface area contributed by atoms with Crippen molar-refractivity contribution >= 4 is 18.3 Å². The van der Waals surface area contributed by atoms with Crippen LogP contribution < -0.4 is 20.5 Å². The van der Waals surface area contributed by atoms with Crippen LogP contribution in [0.2, 0.25) is 0 Å². The normalized spacial score (nSPS) is 18.6. The first-order chi connectivity index (χ1) is 13.3. The van der Waals surface area contributed by atoms with Crippen LogP contribution in [-0.4, -0.2) is 25.1 Å². The fourth-order valence-corrected chi connectivity index (χ4v) is 3.50. The van der Waals surface area contributed by atoms with Crippen LogP contribution in [0.3, 0.4) is 0 Å². The third kappa shape index (κ3) is 6.43. The van der Waals surface area contributed by atoms with E-state index < -0.39 is 0 Å². The number of amides is 1. The van der Waals surface area contributed by atoms with E-state index in [2.05, 4.69) is 5.32 Å². The maximum atomic E-state index is 12.3. The number of benzene rings is 2. The summed E-state index contributed by atoms with van der Waals surface area (Å²) in [5, 5.41) is 3.08. The van der Waals surface area contributed by atoms with E-state index in [4.69, 9.17) is 15.2 Å². The molecule has 0 aliphatic heterocycles. The molecule has 28 heavy (non-hydrogen) atoms. The van der Waals surface area contributed by atoms with Gasteiger partial charge in [-0.05, 0) is 43.0 Å². The third-order valence-electron chi connectivity index (χ3n) is 5.00. The van der Waals surface area contributed by atoms with Crippen molar-refractivity contribution in [1.82, 2.24) is 5.32 Å². The molecular weight excluding hydrogens is 376 g/mol. The van der Waals surface area contributed by atoms with Gasteiger partial charge in [-0.2, -0.15) is 0 Å². The summed E-state index contributed by atoms with van der Waals surface area (Å²) in [6, 6.07) is 17.5. The Kier molecular flexibility index (Phi) is 9.11. The quantitative estimate of drug-likeness (QED) is 0.703. The van der Waals surface area contributed by atoms with Crippen LogP contribution in [0.4, 0.5) is 0 Å². The summed E-state index contributed by atoms with van der Waals surface area (Å²) in [5.41, 5.74) is 6.92. The molecule has 1 fully saturated rings. The van der Waals surface area contributed by atoms with Crippen molar-refractivity contribution in [3.8, 4) is 11.5 Å². The number of ether oxygens (including phenoxy) is 2. The van der Waals surface area contributed by atoms with Gasteiger partial charge in [0.25, 0.3) is 5.91 Å². The average Bonchev–Trinajstić information content (AvgIpc) is 2.72. The minimum atomic E-state index is -0.113. The lowest BCUT2D eigenvalue weighted by atomic mass is 9.84. The molecule has 2 aromatic rings. The van der Waals surface area contributed by atoms with Gasteiger partial charge in [0.2, 0.25) is 0 Å². The minimum Gasteiger partial charge on any atom is -0.485 e. The van der Waals surface area contributed by atoms with Crippen LogP contribution in [0, 0.1) is 5.92 Å². The summed E-state index contributed by atoms with van der Waals surface area (Å²) >= 11 is 0. The Morgan fingerprint density at radius 2 is 1.61 bits per heavy atom. The topological polar surface area (TPSA) is 73.6 Å². The molecule has 3 N–H and O–H groups in total. The van der Waals surface area contributed by atoms with E-state index >= 15 is 0 Å². The molecule has 6 heteroatoms. The second kappa shape index (κ2) is 11.6. The fraction of sp³-hybridized carbons (Fsp3) is 0.409. The lowest BCUT2D eigenvalue weighted by molar-refractivity contribution is -0.124. The van der Waals surface area contributed by atoms with Crippen LogP contribution in [-0.2, 0) is 11.4 Å². The third-order valence-corrected chi connectivity index (χ3v) is 5.00. The second-order valence-corrected chi connectivity index (χ2v) is 6.96. The van der Waals surface area contributed by atoms with Crippen molar-refractivity contribution in [2.24, 2.45) is 11.7 Å². The highest BCUT2D eigenvalue weighted by molar-refractivity contribution is 5.85. The molecule has 1 amide bonds. The average molecular weight is 405 g/mol. The standard InChI is InChI=1S/C22H28N2O3.ClH/c23-14-18-10-4-5-11-19(18)24-22(25)16-27-21-13-7-6-12-20(21)26-15-17-8-2-1-3-9-17;/h1-3,6-9,12-13,18-19H,4-5,10-11,14-16,23H2,(H,24,25);1H. The fourth-order valence-electron chi connectivity index (χ4n) is 3.50. The van der Waals surface area contributed by atoms with Gasteiger partial charge < -0.3 is 20.5 Å². The molecule has 1 saturated carbocycles. The Morgan fingerprint density at radius 3 is 2.32 bits per heavy atom. The molecule has 0 aromatic heterocycles. The summed E-state index contributed by atoms with van der Waals surface area (Å²) in [7, 11) is 0. The van der Waals surface area contributed by atoms with Gasteiger partial charge >= 0.3 is 0 Å². The SMILES string of the molecule is Cl.NCC1CCCCC1NC(=O)COc1ccccc1OCc1ccccc1. The number of rotatable bonds is 8. The summed E-state index contributed by atoms with van der Waals surface area (Å²) in [6.07, 6.45) is 4.40. The largest absolute Gasteiger partial charge is 0.485 e. The zero-order chi connectivity index (χ0) is 18.9. The molecule has 1 aliphatic carbocycles. The van der Waals surface area contributed by atoms with Crippen molar-refractivity contribution in [2.45, 2.75) is 38.3 Å². The first-order valence-corrected chi connectivity index (χ1v) is 9.64. The van der Waals surface area contributed by atoms with E-state index in [1.165, 1.54) is 6.42 Å². The molecule has 2 aromatic carbocycles. The van der Waals surface area contributed by atoms with Gasteiger partial charge in [0.1, 0.15) is 6.61 Å². The van der Waals surface area contributed by atoms with E-state index in [0.29, 0.717) is 30.6 Å². The van der Waals surface area contributed by atoms with Crippen LogP contribution >= 0.6 is 12.4 Å². The monoisotopic (exact) mass is 404 g/mol. The van der Waals surface area contributed by atoms with Crippen LogP contribution in [0.15, 0.2) is 54.6 Å². The molecule has 0 saturated heterocycles. The predicted molar refractivity (Wildman–Crippen MR) is 113 cm³/mol. The van der Waals surface area contributed by atoms with Gasteiger partial charge in [0.15, 0.2) is 18.1 Å². The van der Waals surface area contributed by atoms with Crippen molar-refractivity contribution in [2.75, 3.05) is 13.2 Å². The van der Waals surface area contributed by atoms with Gasteiger partial charge in [-0.1, -0.05) is 55.3 Å². The van der Waals surface area contributed by atoms with Gasteiger partial charge in [-0.25, -0.2) is 0 Å². The molecule has 2 unspecified atom stereocenters. The highest BCUT2D eigenvalue weighted by atomic mass is 35.5. The van der Waals surface area contributed by atoms with Gasteiger partial charge in [-0.3, -0.25) is 4.79 Å². The van der Waals surface area contributed by atoms with E-state index in [-0.39, 0.29) is 31.0 Å². The van der Waals surface area contributed by atoms with Crippen LogP contribution in [0.25, 0.3) is 0 Å². The number of carbonyl (C=O) groups is 1. The van der Waals surface area contributed by atoms with E-state index in [1.807, 2.05) is 54.6 Å². The molecule has 2 atom stereocenters. The number of carbonyl (C=O) groups excluding carboxylic acids is 1. The number of hydrogen-bond acceptors (Lipinski definition) is 4. The first kappa shape index (κ1) is 22.1. The predicted octanol–water partition coefficient (Wildman–Crippen LogP) is 3.70. The molecule has 3 rings (SSSR count). The smallest absolute Gasteiger partial charge is 0.258 e. The maximum Gasteiger partial charge on any atom is 0.258 e. The summed E-state index contributed by atoms with van der Waals surface area (Å²) < 4.78 is 11.6. The number of para-hydroxylation sites is 2. The molecule has 5 nitrogen and oxygen atoms in total. The van der Waals surface area contributed by atoms with Crippen molar-refractivity contribution < 1.29 is 14.3 Å². The van der Waals surface area contributed by atoms with E-state index in [9.17, 15) is 4.79 Å². The zero-order valence-corrected chi connectivity index (χ0v) is 16.8. The van der Waals surface area contributed by atoms with Gasteiger partial charge in [0.05, 0.1) is 0 Å². The molecule has 0 bridgehead atoms. The highest BCUT2D eigenvalue weighted by Gasteiger charge is 2.25. The number of hydrogen-bond donors (Lipinski definition) is 2. The van der Waals surface area contributed by atoms with Gasteiger partial charge in [0, 0.05) is 6.04 Å². The summed E-state index contributed by atoms with van der Waals surface area (Å²) in [4.78, 5) is 12.3. The molecule has 0 heterocycles. The molecule has 1 aliphatic rings. The summed E-state index contributed by atoms with van der Waals surface area (Å²) in [6.45, 7) is 1.04. The van der Waals surface area contributed by atoms with Crippen LogP contribution in [0.5, 0.6) is 11.5 Å². The Balaban J connectivity index is 0.00000280. The van der Waals surface area contributed by atoms with E-state index in [0.717, 1.165) is 24.8 Å². The van der Waals surface area contributed by atoms with Gasteiger partial charge in [-0.15, -0.1) is 12.4 Å². The molecule has 152 valence electrons. The highest BCUT2D eigenvalue weighted by Crippen LogP contribution is 2.27. The number of nitrogens with one attached hydrogen (secondary N) is 1. The van der Waals surface area contributed by atoms with E-state index in [1.54, 1.807) is 0 Å². The maximum absolute atomic E-state index is 12.3. The number of halogens is 1. The molecule has 0 radical (unpaired) electrons. The summed E-state index contributed by atoms with van der Waals surface area (Å²) in [5.74, 6) is 1.46. The Hall–Kier alpha value is -2.24. The molecule has 0 spiro atoms. The number of nitrogens with two attached hydrogens (primary N) is 1. The zero-order valence-electron chi connectivity index (χ0n) is 16.0. The Morgan fingerprint density at radius 1 is 0.964 bits per heavy atom. The Labute approximate surface area is 173 Å². The minimum absolute atomic E-state index is 0. The first-order valence-electron chi connectivity index (χ1n) is 9.64.